The van der Waals surface area contributed by atoms with Crippen molar-refractivity contribution < 1.29 is 24.2 Å². The van der Waals surface area contributed by atoms with Crippen molar-refractivity contribution in [3.8, 4) is 5.75 Å². The molecule has 1 N–H and O–H groups in total. The summed E-state index contributed by atoms with van der Waals surface area (Å²) in [7, 11) is 4.31. The fraction of sp³-hybridized carbons (Fsp3) is 0.837. The number of ether oxygens (including phenoxy) is 2. The maximum atomic E-state index is 15.0. The van der Waals surface area contributed by atoms with Gasteiger partial charge in [-0.3, -0.25) is 19.4 Å². The highest BCUT2D eigenvalue weighted by molar-refractivity contribution is 5.78. The number of likely N-dealkylation sites (N-methyl/N-ethyl adjacent to an activating group) is 2. The predicted octanol–water partition coefficient (Wildman–Crippen LogP) is 11.8. The molecule has 0 bridgehead atoms. The van der Waals surface area contributed by atoms with Crippen molar-refractivity contribution in [1.29, 1.82) is 0 Å². The summed E-state index contributed by atoms with van der Waals surface area (Å²) in [4.78, 5) is 32.7. The van der Waals surface area contributed by atoms with Gasteiger partial charge >= 0.3 is 11.9 Å². The Morgan fingerprint density at radius 3 is 1.59 bits per heavy atom. The lowest BCUT2D eigenvalue weighted by Crippen LogP contribution is -2.64. The average Bonchev–Trinajstić information content (AvgIpc) is 3.07. The summed E-state index contributed by atoms with van der Waals surface area (Å²) in [5, 5.41) is 11.6. The van der Waals surface area contributed by atoms with Crippen LogP contribution in [0.3, 0.4) is 0 Å². The van der Waals surface area contributed by atoms with E-state index < -0.39 is 5.41 Å². The Morgan fingerprint density at radius 1 is 0.696 bits per heavy atom. The van der Waals surface area contributed by atoms with Gasteiger partial charge in [-0.1, -0.05) is 99.1 Å². The Kier molecular flexibility index (Phi) is 15.5. The molecule has 2 aliphatic heterocycles. The SMILES string of the molecule is CCCCC(CCCCCCCC(=O)OC1CCC(C)(C)N(C)C1(C)C)(Cc1cc(C(C)(C)C)c(O)c(C(C)(C)C)c1)C(=O)OC1CCC(C)(C)N(C)C1(C)C. The number of phenols is 1. The van der Waals surface area contributed by atoms with Crippen molar-refractivity contribution >= 4 is 11.9 Å². The topological polar surface area (TPSA) is 79.3 Å². The molecular weight excluding hydrogens is 697 g/mol. The highest BCUT2D eigenvalue weighted by Crippen LogP contribution is 2.45. The first-order valence-corrected chi connectivity index (χ1v) is 22.3. The molecule has 7 nitrogen and oxygen atoms in total. The number of esters is 2. The van der Waals surface area contributed by atoms with Gasteiger partial charge in [-0.15, -0.1) is 0 Å². The van der Waals surface area contributed by atoms with E-state index in [1.807, 2.05) is 0 Å². The molecule has 1 aromatic rings. The number of aromatic hydroxyl groups is 1. The van der Waals surface area contributed by atoms with E-state index in [0.717, 1.165) is 100 Å². The summed E-state index contributed by atoms with van der Waals surface area (Å²) in [6, 6.07) is 4.32. The molecule has 2 saturated heterocycles. The van der Waals surface area contributed by atoms with Crippen LogP contribution in [0.4, 0.5) is 0 Å². The van der Waals surface area contributed by atoms with Crippen molar-refractivity contribution in [2.24, 2.45) is 5.41 Å². The van der Waals surface area contributed by atoms with Gasteiger partial charge in [0.15, 0.2) is 0 Å². The summed E-state index contributed by atoms with van der Waals surface area (Å²) in [5.74, 6) is 0.213. The Hall–Kier alpha value is -2.12. The summed E-state index contributed by atoms with van der Waals surface area (Å²) < 4.78 is 12.8. The number of carbonyl (C=O) groups excluding carboxylic acids is 2. The van der Waals surface area contributed by atoms with Crippen LogP contribution in [0.25, 0.3) is 0 Å². The number of likely N-dealkylation sites (tertiary alicyclic amines) is 2. The first-order valence-electron chi connectivity index (χ1n) is 22.3. The van der Waals surface area contributed by atoms with Crippen LogP contribution in [-0.4, -0.2) is 75.3 Å². The Labute approximate surface area is 344 Å². The van der Waals surface area contributed by atoms with Gasteiger partial charge < -0.3 is 14.6 Å². The fourth-order valence-corrected chi connectivity index (χ4v) is 9.57. The normalized spacial score (nSPS) is 23.7. The lowest BCUT2D eigenvalue weighted by atomic mass is 9.71. The molecule has 3 atom stereocenters. The zero-order valence-electron chi connectivity index (χ0n) is 39.4. The summed E-state index contributed by atoms with van der Waals surface area (Å²) in [6.07, 6.45) is 12.6. The highest BCUT2D eigenvalue weighted by atomic mass is 16.6. The molecule has 0 amide bonds. The van der Waals surface area contributed by atoms with Gasteiger partial charge in [0.05, 0.1) is 16.5 Å². The molecule has 2 fully saturated rings. The molecule has 0 spiro atoms. The molecule has 7 heteroatoms. The van der Waals surface area contributed by atoms with E-state index in [1.54, 1.807) is 0 Å². The second-order valence-electron chi connectivity index (χ2n) is 22.4. The van der Waals surface area contributed by atoms with Gasteiger partial charge in [0, 0.05) is 17.5 Å². The molecule has 2 aliphatic rings. The monoisotopic (exact) mass is 783 g/mol. The summed E-state index contributed by atoms with van der Waals surface area (Å²) >= 11 is 0. The van der Waals surface area contributed by atoms with E-state index in [1.165, 1.54) is 0 Å². The Morgan fingerprint density at radius 2 is 1.12 bits per heavy atom. The van der Waals surface area contributed by atoms with Crippen LogP contribution in [0.2, 0.25) is 0 Å². The second kappa shape index (κ2) is 18.0. The average molecular weight is 783 g/mol. The Balaban J connectivity index is 1.81. The van der Waals surface area contributed by atoms with Crippen molar-refractivity contribution in [3.63, 3.8) is 0 Å². The van der Waals surface area contributed by atoms with Crippen LogP contribution >= 0.6 is 0 Å². The lowest BCUT2D eigenvalue weighted by molar-refractivity contribution is -0.180. The zero-order chi connectivity index (χ0) is 42.7. The number of hydrogen-bond acceptors (Lipinski definition) is 7. The number of piperidine rings is 2. The number of unbranched alkanes of at least 4 members (excludes halogenated alkanes) is 5. The number of phenolic OH excluding ortho intramolecular Hbond substituents is 1. The first-order chi connectivity index (χ1) is 25.5. The van der Waals surface area contributed by atoms with Gasteiger partial charge in [-0.25, -0.2) is 0 Å². The van der Waals surface area contributed by atoms with Crippen LogP contribution in [0, 0.1) is 5.41 Å². The molecule has 3 unspecified atom stereocenters. The molecule has 0 aromatic heterocycles. The zero-order valence-corrected chi connectivity index (χ0v) is 39.4. The van der Waals surface area contributed by atoms with E-state index in [0.29, 0.717) is 18.6 Å². The molecule has 0 aliphatic carbocycles. The number of rotatable bonds is 16. The first kappa shape index (κ1) is 48.3. The molecule has 2 heterocycles. The van der Waals surface area contributed by atoms with Crippen LogP contribution in [0.5, 0.6) is 5.75 Å². The lowest BCUT2D eigenvalue weighted by Gasteiger charge is -2.54. The minimum absolute atomic E-state index is 0.0293. The van der Waals surface area contributed by atoms with E-state index in [9.17, 15) is 14.7 Å². The number of carbonyl (C=O) groups is 2. The summed E-state index contributed by atoms with van der Waals surface area (Å²) in [5.41, 5.74) is 1.36. The smallest absolute Gasteiger partial charge is 0.312 e. The predicted molar refractivity (Wildman–Crippen MR) is 234 cm³/mol. The molecule has 3 rings (SSSR count). The van der Waals surface area contributed by atoms with Crippen molar-refractivity contribution in [3.05, 3.63) is 28.8 Å². The molecular formula is C49H86N2O5. The third-order valence-corrected chi connectivity index (χ3v) is 14.5. The number of hydrogen-bond donors (Lipinski definition) is 1. The summed E-state index contributed by atoms with van der Waals surface area (Å²) in [6.45, 7) is 33.0. The van der Waals surface area contributed by atoms with E-state index >= 15 is 0 Å². The number of benzene rings is 1. The van der Waals surface area contributed by atoms with E-state index in [-0.39, 0.29) is 57.1 Å². The minimum Gasteiger partial charge on any atom is -0.507 e. The minimum atomic E-state index is -0.683. The van der Waals surface area contributed by atoms with E-state index in [4.69, 9.17) is 9.47 Å². The highest BCUT2D eigenvalue weighted by Gasteiger charge is 2.50. The number of nitrogens with zero attached hydrogens (tertiary/aromatic N) is 2. The molecule has 1 aromatic carbocycles. The van der Waals surface area contributed by atoms with Gasteiger partial charge in [0.2, 0.25) is 0 Å². The third-order valence-electron chi connectivity index (χ3n) is 14.5. The van der Waals surface area contributed by atoms with Crippen LogP contribution in [0.1, 0.15) is 210 Å². The molecule has 322 valence electrons. The molecule has 0 radical (unpaired) electrons. The van der Waals surface area contributed by atoms with Gasteiger partial charge in [-0.2, -0.15) is 0 Å². The maximum absolute atomic E-state index is 15.0. The van der Waals surface area contributed by atoms with Crippen LogP contribution in [-0.2, 0) is 36.3 Å². The standard InChI is InChI=1S/C49H86N2O5/c1-18-19-28-49(42(54)56-39-27-31-46(10,11)51(17)48(39,14)15,34-35-32-36(43(2,3)4)41(53)37(33-35)44(5,6)7)29-24-22-20-21-23-25-40(52)55-38-26-30-45(8,9)50(16)47(38,12)13/h32-33,38-39,53H,18-31,34H2,1-17H3. The van der Waals surface area contributed by atoms with Crippen molar-refractivity contribution in [2.75, 3.05) is 14.1 Å². The second-order valence-corrected chi connectivity index (χ2v) is 22.4. The molecule has 0 saturated carbocycles. The van der Waals surface area contributed by atoms with Gasteiger partial charge in [-0.05, 0) is 148 Å². The maximum Gasteiger partial charge on any atom is 0.312 e. The fourth-order valence-electron chi connectivity index (χ4n) is 9.57. The van der Waals surface area contributed by atoms with Crippen LogP contribution in [0.15, 0.2) is 12.1 Å². The quantitative estimate of drug-likeness (QED) is 0.132. The van der Waals surface area contributed by atoms with Crippen molar-refractivity contribution in [1.82, 2.24) is 9.80 Å². The van der Waals surface area contributed by atoms with Crippen molar-refractivity contribution in [2.45, 2.75) is 245 Å². The molecule has 56 heavy (non-hydrogen) atoms. The third kappa shape index (κ3) is 11.3. The van der Waals surface area contributed by atoms with Gasteiger partial charge in [0.1, 0.15) is 18.0 Å². The van der Waals surface area contributed by atoms with Gasteiger partial charge in [0.25, 0.3) is 0 Å². The Bertz CT molecular complexity index is 1440. The van der Waals surface area contributed by atoms with E-state index in [2.05, 4.69) is 140 Å². The van der Waals surface area contributed by atoms with Crippen LogP contribution < -0.4 is 0 Å². The largest absolute Gasteiger partial charge is 0.507 e.